The summed E-state index contributed by atoms with van der Waals surface area (Å²) in [5.74, 6) is -1.66. The van der Waals surface area contributed by atoms with Gasteiger partial charge in [0.2, 0.25) is 0 Å². The van der Waals surface area contributed by atoms with Gasteiger partial charge in [-0.05, 0) is 55.0 Å². The highest BCUT2D eigenvalue weighted by molar-refractivity contribution is 8.09. The normalized spacial score (nSPS) is 18.2. The van der Waals surface area contributed by atoms with E-state index in [4.69, 9.17) is 5.73 Å². The molecule has 0 amide bonds. The molecule has 2 aromatic carbocycles. The minimum atomic E-state index is -4.18. The summed E-state index contributed by atoms with van der Waals surface area (Å²) >= 11 is 1.65. The van der Waals surface area contributed by atoms with E-state index in [1.165, 1.54) is 13.0 Å². The predicted octanol–water partition coefficient (Wildman–Crippen LogP) is 7.56. The quantitative estimate of drug-likeness (QED) is 0.195. The zero-order valence-corrected chi connectivity index (χ0v) is 23.6. The molecule has 212 valence electrons. The maximum Gasteiger partial charge on any atom is 0.391 e. The van der Waals surface area contributed by atoms with Crippen molar-refractivity contribution in [1.29, 1.82) is 0 Å². The summed E-state index contributed by atoms with van der Waals surface area (Å²) in [7, 11) is 1.98. The second kappa shape index (κ2) is 13.0. The number of hydrogen-bond donors (Lipinski definition) is 2. The maximum atomic E-state index is 14.2. The van der Waals surface area contributed by atoms with Crippen molar-refractivity contribution in [3.05, 3.63) is 102 Å². The third kappa shape index (κ3) is 7.53. The van der Waals surface area contributed by atoms with E-state index < -0.39 is 12.1 Å². The molecule has 1 aromatic heterocycles. The van der Waals surface area contributed by atoms with Crippen LogP contribution in [0, 0.1) is 11.7 Å². The Kier molecular flexibility index (Phi) is 9.71. The van der Waals surface area contributed by atoms with Gasteiger partial charge in [-0.15, -0.1) is 0 Å². The highest BCUT2D eigenvalue weighted by Gasteiger charge is 2.34. The molecule has 9 heteroatoms. The van der Waals surface area contributed by atoms with Crippen molar-refractivity contribution in [2.24, 2.45) is 11.7 Å². The van der Waals surface area contributed by atoms with Gasteiger partial charge in [0.25, 0.3) is 0 Å². The van der Waals surface area contributed by atoms with Gasteiger partial charge in [-0.1, -0.05) is 66.8 Å². The number of benzene rings is 2. The summed E-state index contributed by atoms with van der Waals surface area (Å²) in [5, 5.41) is 5.65. The Morgan fingerprint density at radius 1 is 1.15 bits per heavy atom. The predicted molar refractivity (Wildman–Crippen MR) is 157 cm³/mol. The number of allylic oxidation sites excluding steroid dienone is 3. The van der Waals surface area contributed by atoms with E-state index in [-0.39, 0.29) is 23.8 Å². The van der Waals surface area contributed by atoms with Crippen LogP contribution in [0.3, 0.4) is 0 Å². The van der Waals surface area contributed by atoms with E-state index in [9.17, 15) is 17.6 Å². The van der Waals surface area contributed by atoms with Crippen LogP contribution in [-0.2, 0) is 0 Å². The van der Waals surface area contributed by atoms with Crippen LogP contribution >= 0.6 is 11.8 Å². The zero-order valence-electron chi connectivity index (χ0n) is 22.8. The SMILES string of the molecule is C/C(=C\C=C/CC(C)C(F)(F)F)CC(N)CNC1SC(c2ccc3cnccc3c2)=C(c2cccc(F)c2)N1C. The molecular weight excluding hydrogens is 536 g/mol. The molecule has 0 spiro atoms. The Hall–Kier alpha value is -3.14. The second-order valence-electron chi connectivity index (χ2n) is 10.2. The van der Waals surface area contributed by atoms with Crippen LogP contribution in [0.1, 0.15) is 37.8 Å². The summed E-state index contributed by atoms with van der Waals surface area (Å²) in [5.41, 5.74) is 10.0. The molecule has 0 saturated heterocycles. The van der Waals surface area contributed by atoms with E-state index in [0.717, 1.165) is 38.1 Å². The van der Waals surface area contributed by atoms with E-state index in [1.807, 2.05) is 44.4 Å². The number of aromatic nitrogens is 1. The Bertz CT molecular complexity index is 1420. The van der Waals surface area contributed by atoms with E-state index in [2.05, 4.69) is 27.3 Å². The Labute approximate surface area is 237 Å². The number of nitrogens with two attached hydrogens (primary N) is 1. The number of nitrogens with one attached hydrogen (secondary N) is 1. The number of halogens is 4. The van der Waals surface area contributed by atoms with Crippen molar-refractivity contribution < 1.29 is 17.6 Å². The highest BCUT2D eigenvalue weighted by Crippen LogP contribution is 2.47. The second-order valence-corrected chi connectivity index (χ2v) is 11.3. The minimum Gasteiger partial charge on any atom is -0.349 e. The summed E-state index contributed by atoms with van der Waals surface area (Å²) in [6.07, 6.45) is 4.98. The lowest BCUT2D eigenvalue weighted by Gasteiger charge is -2.26. The molecule has 1 aliphatic rings. The van der Waals surface area contributed by atoms with Crippen molar-refractivity contribution in [2.75, 3.05) is 13.6 Å². The van der Waals surface area contributed by atoms with E-state index in [1.54, 1.807) is 42.2 Å². The molecule has 0 bridgehead atoms. The first-order chi connectivity index (χ1) is 19.0. The molecule has 4 rings (SSSR count). The molecule has 0 aliphatic carbocycles. The lowest BCUT2D eigenvalue weighted by atomic mass is 10.0. The molecule has 3 aromatic rings. The number of thioether (sulfide) groups is 1. The van der Waals surface area contributed by atoms with Gasteiger partial charge in [0.1, 0.15) is 11.3 Å². The first kappa shape index (κ1) is 29.8. The van der Waals surface area contributed by atoms with Crippen LogP contribution in [0.5, 0.6) is 0 Å². The maximum absolute atomic E-state index is 14.2. The molecule has 40 heavy (non-hydrogen) atoms. The molecule has 1 aliphatic heterocycles. The van der Waals surface area contributed by atoms with Crippen LogP contribution in [0.4, 0.5) is 17.6 Å². The van der Waals surface area contributed by atoms with Crippen LogP contribution in [0.15, 0.2) is 84.7 Å². The lowest BCUT2D eigenvalue weighted by molar-refractivity contribution is -0.168. The fraction of sp³-hybridized carbons (Fsp3) is 0.323. The zero-order chi connectivity index (χ0) is 28.9. The van der Waals surface area contributed by atoms with Gasteiger partial charge < -0.3 is 10.6 Å². The van der Waals surface area contributed by atoms with Crippen LogP contribution in [0.25, 0.3) is 21.4 Å². The lowest BCUT2D eigenvalue weighted by Crippen LogP contribution is -2.43. The molecule has 3 N–H and O–H groups in total. The van der Waals surface area contributed by atoms with Crippen molar-refractivity contribution in [3.63, 3.8) is 0 Å². The van der Waals surface area contributed by atoms with E-state index >= 15 is 0 Å². The Morgan fingerprint density at radius 3 is 2.70 bits per heavy atom. The summed E-state index contributed by atoms with van der Waals surface area (Å²) in [4.78, 5) is 7.33. The van der Waals surface area contributed by atoms with Gasteiger partial charge in [0.15, 0.2) is 0 Å². The topological polar surface area (TPSA) is 54.2 Å². The average molecular weight is 571 g/mol. The molecule has 3 unspecified atom stereocenters. The number of nitrogens with zero attached hydrogens (tertiary/aromatic N) is 2. The fourth-order valence-corrected chi connectivity index (χ4v) is 5.86. The van der Waals surface area contributed by atoms with Crippen LogP contribution in [0.2, 0.25) is 0 Å². The van der Waals surface area contributed by atoms with Gasteiger partial charge in [0, 0.05) is 47.9 Å². The number of alkyl halides is 3. The first-order valence-corrected chi connectivity index (χ1v) is 14.0. The van der Waals surface area contributed by atoms with Crippen LogP contribution in [-0.4, -0.2) is 41.2 Å². The molecule has 0 radical (unpaired) electrons. The number of fused-ring (bicyclic) bond motifs is 1. The molecule has 0 saturated carbocycles. The smallest absolute Gasteiger partial charge is 0.349 e. The van der Waals surface area contributed by atoms with Gasteiger partial charge in [-0.3, -0.25) is 10.3 Å². The number of pyridine rings is 1. The molecule has 0 fully saturated rings. The number of hydrogen-bond acceptors (Lipinski definition) is 5. The Balaban J connectivity index is 1.44. The van der Waals surface area contributed by atoms with Gasteiger partial charge >= 0.3 is 6.18 Å². The largest absolute Gasteiger partial charge is 0.391 e. The highest BCUT2D eigenvalue weighted by atomic mass is 32.2. The molecular formula is C31H34F4N4S. The standard InChI is InChI=1S/C31H34F4N4S/c1-20(7-4-5-8-21(2)31(33,34)35)15-27(36)19-38-30-39(3)28(23-9-6-10-26(32)17-23)29(40-30)24-11-12-25-18-37-14-13-22(25)16-24/h4-7,9-14,16-18,21,27,30,38H,8,15,19,36H2,1-3H3/b5-4-,20-7+. The van der Waals surface area contributed by atoms with E-state index in [0.29, 0.717) is 13.0 Å². The van der Waals surface area contributed by atoms with Crippen molar-refractivity contribution in [1.82, 2.24) is 15.2 Å². The molecule has 4 nitrogen and oxygen atoms in total. The molecule has 3 atom stereocenters. The minimum absolute atomic E-state index is 0.0524. The summed E-state index contributed by atoms with van der Waals surface area (Å²) in [6, 6.07) is 14.6. The van der Waals surface area contributed by atoms with Crippen molar-refractivity contribution in [2.45, 2.75) is 44.4 Å². The molecule has 2 heterocycles. The number of rotatable bonds is 10. The summed E-state index contributed by atoms with van der Waals surface area (Å²) in [6.45, 7) is 3.62. The monoisotopic (exact) mass is 570 g/mol. The third-order valence-electron chi connectivity index (χ3n) is 6.85. The third-order valence-corrected chi connectivity index (χ3v) is 8.22. The fourth-order valence-electron chi connectivity index (χ4n) is 4.56. The van der Waals surface area contributed by atoms with Gasteiger partial charge in [-0.25, -0.2) is 4.39 Å². The van der Waals surface area contributed by atoms with Crippen molar-refractivity contribution >= 4 is 33.1 Å². The first-order valence-electron chi connectivity index (χ1n) is 13.1. The Morgan fingerprint density at radius 2 is 1.95 bits per heavy atom. The average Bonchev–Trinajstić information content (AvgIpc) is 3.24. The van der Waals surface area contributed by atoms with Gasteiger partial charge in [-0.2, -0.15) is 13.2 Å². The summed E-state index contributed by atoms with van der Waals surface area (Å²) < 4.78 is 52.2. The van der Waals surface area contributed by atoms with Gasteiger partial charge in [0.05, 0.1) is 11.6 Å². The van der Waals surface area contributed by atoms with Crippen molar-refractivity contribution in [3.8, 4) is 0 Å². The van der Waals surface area contributed by atoms with Crippen LogP contribution < -0.4 is 11.1 Å².